The standard InChI is InChI=1S/C22H20N4O2/c1-23-22-18-12-15(14-5-4-6-17(11-14)27-2)7-9-19(18)25-21(26-22)16-8-10-20(28-3)24-13-16/h4-13H,1-3H3,(H,23,25,26). The van der Waals surface area contributed by atoms with E-state index in [-0.39, 0.29) is 0 Å². The van der Waals surface area contributed by atoms with Crippen LogP contribution in [0.15, 0.2) is 60.8 Å². The predicted molar refractivity (Wildman–Crippen MR) is 111 cm³/mol. The van der Waals surface area contributed by atoms with E-state index in [4.69, 9.17) is 14.5 Å². The van der Waals surface area contributed by atoms with Gasteiger partial charge in [0.15, 0.2) is 5.82 Å². The molecule has 0 spiro atoms. The second-order valence-electron chi connectivity index (χ2n) is 6.20. The van der Waals surface area contributed by atoms with E-state index in [1.165, 1.54) is 0 Å². The fourth-order valence-electron chi connectivity index (χ4n) is 3.06. The quantitative estimate of drug-likeness (QED) is 0.559. The first kappa shape index (κ1) is 17.7. The molecule has 4 rings (SSSR count). The lowest BCUT2D eigenvalue weighted by Gasteiger charge is -2.11. The Morgan fingerprint density at radius 3 is 2.36 bits per heavy atom. The number of anilines is 1. The van der Waals surface area contributed by atoms with Gasteiger partial charge in [0.25, 0.3) is 0 Å². The number of pyridine rings is 1. The van der Waals surface area contributed by atoms with Crippen LogP contribution in [0.4, 0.5) is 5.82 Å². The molecular formula is C22H20N4O2. The molecule has 0 atom stereocenters. The third-order valence-corrected chi connectivity index (χ3v) is 4.54. The minimum Gasteiger partial charge on any atom is -0.497 e. The maximum absolute atomic E-state index is 5.34. The van der Waals surface area contributed by atoms with Gasteiger partial charge in [-0.1, -0.05) is 18.2 Å². The van der Waals surface area contributed by atoms with E-state index in [1.807, 2.05) is 37.4 Å². The van der Waals surface area contributed by atoms with Crippen LogP contribution in [0.3, 0.4) is 0 Å². The fourth-order valence-corrected chi connectivity index (χ4v) is 3.06. The van der Waals surface area contributed by atoms with Crippen molar-refractivity contribution in [2.75, 3.05) is 26.6 Å². The van der Waals surface area contributed by atoms with E-state index in [0.29, 0.717) is 11.7 Å². The number of rotatable bonds is 5. The van der Waals surface area contributed by atoms with E-state index in [1.54, 1.807) is 26.5 Å². The maximum atomic E-state index is 5.34. The van der Waals surface area contributed by atoms with Gasteiger partial charge in [0.1, 0.15) is 11.6 Å². The number of nitrogens with zero attached hydrogens (tertiary/aromatic N) is 3. The summed E-state index contributed by atoms with van der Waals surface area (Å²) in [7, 11) is 5.12. The van der Waals surface area contributed by atoms with Crippen LogP contribution in [0.1, 0.15) is 0 Å². The maximum Gasteiger partial charge on any atom is 0.212 e. The van der Waals surface area contributed by atoms with E-state index in [0.717, 1.165) is 39.2 Å². The summed E-state index contributed by atoms with van der Waals surface area (Å²) in [6, 6.07) is 17.8. The van der Waals surface area contributed by atoms with Gasteiger partial charge in [0.2, 0.25) is 5.88 Å². The molecule has 0 bridgehead atoms. The summed E-state index contributed by atoms with van der Waals surface area (Å²) in [5, 5.41) is 4.13. The van der Waals surface area contributed by atoms with Crippen LogP contribution in [0.2, 0.25) is 0 Å². The largest absolute Gasteiger partial charge is 0.497 e. The molecule has 0 amide bonds. The first-order valence-corrected chi connectivity index (χ1v) is 8.86. The van der Waals surface area contributed by atoms with Crippen molar-refractivity contribution >= 4 is 16.7 Å². The number of benzene rings is 2. The van der Waals surface area contributed by atoms with Gasteiger partial charge in [-0.15, -0.1) is 0 Å². The Balaban J connectivity index is 1.81. The van der Waals surface area contributed by atoms with Crippen molar-refractivity contribution in [2.24, 2.45) is 0 Å². The molecule has 0 aliphatic rings. The molecule has 4 aromatic rings. The molecule has 0 aliphatic carbocycles. The Kier molecular flexibility index (Phi) is 4.76. The highest BCUT2D eigenvalue weighted by Crippen LogP contribution is 2.30. The molecule has 6 nitrogen and oxygen atoms in total. The van der Waals surface area contributed by atoms with Crippen molar-refractivity contribution in [3.63, 3.8) is 0 Å². The van der Waals surface area contributed by atoms with Crippen LogP contribution >= 0.6 is 0 Å². The monoisotopic (exact) mass is 372 g/mol. The molecule has 2 heterocycles. The molecule has 0 unspecified atom stereocenters. The van der Waals surface area contributed by atoms with Crippen molar-refractivity contribution < 1.29 is 9.47 Å². The molecule has 0 saturated carbocycles. The molecular weight excluding hydrogens is 352 g/mol. The van der Waals surface area contributed by atoms with Crippen LogP contribution in [-0.4, -0.2) is 36.2 Å². The average molecular weight is 372 g/mol. The molecule has 28 heavy (non-hydrogen) atoms. The Hall–Kier alpha value is -3.67. The summed E-state index contributed by atoms with van der Waals surface area (Å²) in [5.41, 5.74) is 3.84. The lowest BCUT2D eigenvalue weighted by molar-refractivity contribution is 0.398. The molecule has 0 saturated heterocycles. The highest BCUT2D eigenvalue weighted by molar-refractivity contribution is 5.94. The van der Waals surface area contributed by atoms with Gasteiger partial charge < -0.3 is 14.8 Å². The summed E-state index contributed by atoms with van der Waals surface area (Å²) in [4.78, 5) is 13.7. The Morgan fingerprint density at radius 1 is 0.821 bits per heavy atom. The van der Waals surface area contributed by atoms with Crippen molar-refractivity contribution in [1.82, 2.24) is 15.0 Å². The number of aromatic nitrogens is 3. The van der Waals surface area contributed by atoms with Crippen LogP contribution in [-0.2, 0) is 0 Å². The zero-order valence-electron chi connectivity index (χ0n) is 15.9. The van der Waals surface area contributed by atoms with Gasteiger partial charge in [-0.3, -0.25) is 0 Å². The first-order chi connectivity index (χ1) is 13.7. The second-order valence-corrected chi connectivity index (χ2v) is 6.20. The zero-order chi connectivity index (χ0) is 19.5. The number of hydrogen-bond acceptors (Lipinski definition) is 6. The van der Waals surface area contributed by atoms with Gasteiger partial charge in [-0.2, -0.15) is 0 Å². The van der Waals surface area contributed by atoms with Crippen molar-refractivity contribution in [3.8, 4) is 34.1 Å². The SMILES string of the molecule is CNc1nc(-c2ccc(OC)nc2)nc2ccc(-c3cccc(OC)c3)cc12. The lowest BCUT2D eigenvalue weighted by Crippen LogP contribution is -1.99. The lowest BCUT2D eigenvalue weighted by atomic mass is 10.0. The molecule has 0 aliphatic heterocycles. The van der Waals surface area contributed by atoms with E-state index >= 15 is 0 Å². The van der Waals surface area contributed by atoms with Crippen LogP contribution in [0, 0.1) is 0 Å². The van der Waals surface area contributed by atoms with Crippen molar-refractivity contribution in [3.05, 3.63) is 60.8 Å². The normalized spacial score (nSPS) is 10.7. The minimum absolute atomic E-state index is 0.557. The first-order valence-electron chi connectivity index (χ1n) is 8.86. The summed E-state index contributed by atoms with van der Waals surface area (Å²) in [6.45, 7) is 0. The van der Waals surface area contributed by atoms with Crippen molar-refractivity contribution in [2.45, 2.75) is 0 Å². The van der Waals surface area contributed by atoms with Crippen molar-refractivity contribution in [1.29, 1.82) is 0 Å². The minimum atomic E-state index is 0.557. The summed E-state index contributed by atoms with van der Waals surface area (Å²) < 4.78 is 10.5. The molecule has 2 aromatic carbocycles. The topological polar surface area (TPSA) is 69.2 Å². The number of hydrogen-bond donors (Lipinski definition) is 1. The third-order valence-electron chi connectivity index (χ3n) is 4.54. The highest BCUT2D eigenvalue weighted by atomic mass is 16.5. The average Bonchev–Trinajstić information content (AvgIpc) is 2.78. The van der Waals surface area contributed by atoms with Crippen LogP contribution < -0.4 is 14.8 Å². The van der Waals surface area contributed by atoms with Crippen LogP contribution in [0.5, 0.6) is 11.6 Å². The van der Waals surface area contributed by atoms with Gasteiger partial charge in [0.05, 0.1) is 19.7 Å². The molecule has 6 heteroatoms. The number of methoxy groups -OCH3 is 2. The number of nitrogens with one attached hydrogen (secondary N) is 1. The summed E-state index contributed by atoms with van der Waals surface area (Å²) in [6.07, 6.45) is 1.71. The Morgan fingerprint density at radius 2 is 1.64 bits per heavy atom. The Bertz CT molecular complexity index is 1130. The zero-order valence-corrected chi connectivity index (χ0v) is 15.9. The van der Waals surface area contributed by atoms with Crippen LogP contribution in [0.25, 0.3) is 33.4 Å². The van der Waals surface area contributed by atoms with Gasteiger partial charge in [-0.05, 0) is 41.5 Å². The molecule has 1 N–H and O–H groups in total. The fraction of sp³-hybridized carbons (Fsp3) is 0.136. The Labute approximate surface area is 163 Å². The predicted octanol–water partition coefficient (Wildman–Crippen LogP) is 4.42. The third kappa shape index (κ3) is 3.32. The summed E-state index contributed by atoms with van der Waals surface area (Å²) in [5.74, 6) is 2.76. The van der Waals surface area contributed by atoms with Gasteiger partial charge >= 0.3 is 0 Å². The van der Waals surface area contributed by atoms with Gasteiger partial charge in [-0.25, -0.2) is 15.0 Å². The molecule has 140 valence electrons. The molecule has 0 fully saturated rings. The molecule has 0 radical (unpaired) electrons. The highest BCUT2D eigenvalue weighted by Gasteiger charge is 2.11. The number of fused-ring (bicyclic) bond motifs is 1. The van der Waals surface area contributed by atoms with E-state index in [2.05, 4.69) is 33.5 Å². The smallest absolute Gasteiger partial charge is 0.212 e. The van der Waals surface area contributed by atoms with Gasteiger partial charge in [0, 0.05) is 30.3 Å². The number of ether oxygens (including phenoxy) is 2. The second kappa shape index (κ2) is 7.52. The van der Waals surface area contributed by atoms with E-state index in [9.17, 15) is 0 Å². The summed E-state index contributed by atoms with van der Waals surface area (Å²) >= 11 is 0. The molecule has 2 aromatic heterocycles. The van der Waals surface area contributed by atoms with E-state index < -0.39 is 0 Å².